The summed E-state index contributed by atoms with van der Waals surface area (Å²) >= 11 is 0. The van der Waals surface area contributed by atoms with Gasteiger partial charge in [0, 0.05) is 35.0 Å². The lowest BCUT2D eigenvalue weighted by Gasteiger charge is -2.07. The molecule has 0 aliphatic carbocycles. The molecule has 128 valence electrons. The number of carbonyl (C=O) groups is 1. The van der Waals surface area contributed by atoms with Gasteiger partial charge in [0.2, 0.25) is 0 Å². The minimum absolute atomic E-state index is 0.0912. The Hall–Kier alpha value is -3.92. The first kappa shape index (κ1) is 16.9. The Kier molecular flexibility index (Phi) is 4.50. The molecule has 0 bridgehead atoms. The average molecular weight is 347 g/mol. The lowest BCUT2D eigenvalue weighted by Crippen LogP contribution is -2.04. The van der Waals surface area contributed by atoms with Crippen molar-refractivity contribution in [3.63, 3.8) is 0 Å². The van der Waals surface area contributed by atoms with Gasteiger partial charge >= 0.3 is 0 Å². The molecular formula is C19H13N3O4. The number of ether oxygens (including phenoxy) is 1. The molecule has 0 atom stereocenters. The number of hydrogen-bond donors (Lipinski definition) is 0. The van der Waals surface area contributed by atoms with Gasteiger partial charge in [-0.1, -0.05) is 0 Å². The fraction of sp³-hybridized carbons (Fsp3) is 0.0526. The zero-order valence-corrected chi connectivity index (χ0v) is 13.7. The number of methoxy groups -OCH3 is 1. The second-order valence-electron chi connectivity index (χ2n) is 5.41. The highest BCUT2D eigenvalue weighted by Crippen LogP contribution is 2.28. The molecule has 1 aromatic heterocycles. The van der Waals surface area contributed by atoms with Crippen molar-refractivity contribution in [3.05, 3.63) is 82.0 Å². The van der Waals surface area contributed by atoms with Crippen LogP contribution in [0.2, 0.25) is 0 Å². The number of benzene rings is 2. The molecule has 3 rings (SSSR count). The molecule has 0 N–H and O–H groups in total. The van der Waals surface area contributed by atoms with Gasteiger partial charge in [0.05, 0.1) is 17.7 Å². The summed E-state index contributed by atoms with van der Waals surface area (Å²) in [4.78, 5) is 23.1. The predicted molar refractivity (Wildman–Crippen MR) is 94.0 cm³/mol. The number of nitro groups is 1. The van der Waals surface area contributed by atoms with E-state index in [4.69, 9.17) is 4.74 Å². The smallest absolute Gasteiger partial charge is 0.269 e. The van der Waals surface area contributed by atoms with Crippen LogP contribution in [0.4, 0.5) is 5.69 Å². The molecule has 0 aliphatic rings. The van der Waals surface area contributed by atoms with E-state index >= 15 is 0 Å². The largest absolute Gasteiger partial charge is 0.497 e. The molecule has 0 aliphatic heterocycles. The summed E-state index contributed by atoms with van der Waals surface area (Å²) in [6.45, 7) is 0. The Bertz CT molecular complexity index is 1010. The van der Waals surface area contributed by atoms with Crippen LogP contribution in [0, 0.1) is 21.6 Å². The molecule has 0 amide bonds. The summed E-state index contributed by atoms with van der Waals surface area (Å²) in [6.07, 6.45) is 3.53. The van der Waals surface area contributed by atoms with Crippen molar-refractivity contribution in [1.29, 1.82) is 5.26 Å². The Labute approximate surface area is 148 Å². The maximum Gasteiger partial charge on any atom is 0.269 e. The van der Waals surface area contributed by atoms with Gasteiger partial charge in [-0.25, -0.2) is 0 Å². The number of nitriles is 1. The molecule has 0 spiro atoms. The van der Waals surface area contributed by atoms with E-state index in [0.29, 0.717) is 28.1 Å². The molecule has 0 fully saturated rings. The molecule has 7 heteroatoms. The second kappa shape index (κ2) is 6.91. The zero-order valence-electron chi connectivity index (χ0n) is 13.7. The first-order valence-electron chi connectivity index (χ1n) is 7.60. The van der Waals surface area contributed by atoms with E-state index in [-0.39, 0.29) is 11.5 Å². The van der Waals surface area contributed by atoms with Crippen molar-refractivity contribution in [1.82, 2.24) is 4.57 Å². The monoisotopic (exact) mass is 347 g/mol. The average Bonchev–Trinajstić information content (AvgIpc) is 3.11. The number of non-ortho nitro benzene ring substituents is 1. The van der Waals surface area contributed by atoms with E-state index < -0.39 is 4.92 Å². The highest BCUT2D eigenvalue weighted by molar-refractivity contribution is 6.12. The summed E-state index contributed by atoms with van der Waals surface area (Å²) in [5.41, 5.74) is 1.69. The molecular weight excluding hydrogens is 334 g/mol. The zero-order chi connectivity index (χ0) is 18.7. The van der Waals surface area contributed by atoms with Gasteiger partial charge in [-0.05, 0) is 42.5 Å². The van der Waals surface area contributed by atoms with Crippen molar-refractivity contribution in [2.45, 2.75) is 0 Å². The summed E-state index contributed by atoms with van der Waals surface area (Å²) in [5.74, 6) is 0.340. The number of nitro benzene ring substituents is 1. The van der Waals surface area contributed by atoms with Crippen LogP contribution in [0.3, 0.4) is 0 Å². The van der Waals surface area contributed by atoms with Gasteiger partial charge in [-0.15, -0.1) is 0 Å². The van der Waals surface area contributed by atoms with E-state index in [0.717, 1.165) is 0 Å². The van der Waals surface area contributed by atoms with Gasteiger partial charge in [-0.2, -0.15) is 5.26 Å². The fourth-order valence-electron chi connectivity index (χ4n) is 2.63. The summed E-state index contributed by atoms with van der Waals surface area (Å²) in [5, 5.41) is 20.1. The van der Waals surface area contributed by atoms with Gasteiger partial charge in [0.1, 0.15) is 5.75 Å². The van der Waals surface area contributed by atoms with Crippen molar-refractivity contribution in [2.75, 3.05) is 7.11 Å². The Morgan fingerprint density at radius 3 is 2.31 bits per heavy atom. The molecule has 1 heterocycles. The van der Waals surface area contributed by atoms with Gasteiger partial charge < -0.3 is 4.74 Å². The van der Waals surface area contributed by atoms with Crippen molar-refractivity contribution in [2.24, 2.45) is 0 Å². The van der Waals surface area contributed by atoms with Gasteiger partial charge in [0.15, 0.2) is 12.0 Å². The molecule has 0 saturated heterocycles. The highest BCUT2D eigenvalue weighted by atomic mass is 16.6. The number of aromatic nitrogens is 1. The van der Waals surface area contributed by atoms with E-state index in [9.17, 15) is 20.2 Å². The molecule has 2 aromatic carbocycles. The number of ketones is 1. The van der Waals surface area contributed by atoms with Crippen LogP contribution in [-0.4, -0.2) is 22.4 Å². The number of rotatable bonds is 5. The van der Waals surface area contributed by atoms with E-state index in [1.54, 1.807) is 37.4 Å². The third-order valence-corrected chi connectivity index (χ3v) is 3.94. The summed E-state index contributed by atoms with van der Waals surface area (Å²) in [6, 6.07) is 13.9. The van der Waals surface area contributed by atoms with E-state index in [2.05, 4.69) is 0 Å². The number of carbonyl (C=O) groups excluding carboxylic acids is 1. The Balaban J connectivity index is 2.05. The summed E-state index contributed by atoms with van der Waals surface area (Å²) in [7, 11) is 1.55. The van der Waals surface area contributed by atoms with Crippen LogP contribution in [0.15, 0.2) is 60.8 Å². The Morgan fingerprint density at radius 1 is 1.12 bits per heavy atom. The SMILES string of the molecule is COc1ccc(-c2c(C(=O)c3ccc([N+](=O)[O-])cc3)ccn2C#N)cc1. The number of nitrogens with zero attached hydrogens (tertiary/aromatic N) is 3. The normalized spacial score (nSPS) is 10.2. The van der Waals surface area contributed by atoms with Crippen LogP contribution in [0.25, 0.3) is 11.3 Å². The van der Waals surface area contributed by atoms with E-state index in [1.165, 1.54) is 35.0 Å². The standard InChI is InChI=1S/C19H13N3O4/c1-26-16-8-4-13(5-9-16)18-17(10-11-21(18)12-20)19(23)14-2-6-15(7-3-14)22(24)25/h2-11H,1H3. The molecule has 3 aromatic rings. The van der Waals surface area contributed by atoms with Crippen LogP contribution < -0.4 is 4.74 Å². The molecule has 0 saturated carbocycles. The fourth-order valence-corrected chi connectivity index (χ4v) is 2.63. The maximum atomic E-state index is 12.9. The van der Waals surface area contributed by atoms with Crippen LogP contribution in [-0.2, 0) is 0 Å². The van der Waals surface area contributed by atoms with Crippen molar-refractivity contribution < 1.29 is 14.5 Å². The topological polar surface area (TPSA) is 98.2 Å². The molecule has 0 unspecified atom stereocenters. The predicted octanol–water partition coefficient (Wildman–Crippen LogP) is 3.63. The number of hydrogen-bond acceptors (Lipinski definition) is 5. The second-order valence-corrected chi connectivity index (χ2v) is 5.41. The molecule has 7 nitrogen and oxygen atoms in total. The third kappa shape index (κ3) is 3.03. The first-order valence-corrected chi connectivity index (χ1v) is 7.60. The molecule has 0 radical (unpaired) electrons. The summed E-state index contributed by atoms with van der Waals surface area (Å²) < 4.78 is 6.43. The highest BCUT2D eigenvalue weighted by Gasteiger charge is 2.20. The Morgan fingerprint density at radius 2 is 1.77 bits per heavy atom. The lowest BCUT2D eigenvalue weighted by molar-refractivity contribution is -0.384. The lowest BCUT2D eigenvalue weighted by atomic mass is 9.99. The van der Waals surface area contributed by atoms with Crippen LogP contribution in [0.1, 0.15) is 15.9 Å². The van der Waals surface area contributed by atoms with Crippen molar-refractivity contribution in [3.8, 4) is 23.2 Å². The van der Waals surface area contributed by atoms with E-state index in [1.807, 2.05) is 6.19 Å². The van der Waals surface area contributed by atoms with Gasteiger partial charge in [0.25, 0.3) is 5.69 Å². The van der Waals surface area contributed by atoms with Crippen LogP contribution in [0.5, 0.6) is 5.75 Å². The van der Waals surface area contributed by atoms with Gasteiger partial charge in [-0.3, -0.25) is 19.5 Å². The maximum absolute atomic E-state index is 12.9. The minimum Gasteiger partial charge on any atom is -0.497 e. The van der Waals surface area contributed by atoms with Crippen LogP contribution >= 0.6 is 0 Å². The third-order valence-electron chi connectivity index (χ3n) is 3.94. The quantitative estimate of drug-likeness (QED) is 0.399. The van der Waals surface area contributed by atoms with Crippen molar-refractivity contribution >= 4 is 11.5 Å². The molecule has 26 heavy (non-hydrogen) atoms. The first-order chi connectivity index (χ1) is 12.5. The minimum atomic E-state index is -0.525.